The third-order valence-electron chi connectivity index (χ3n) is 3.36. The van der Waals surface area contributed by atoms with Crippen molar-refractivity contribution in [3.63, 3.8) is 0 Å². The van der Waals surface area contributed by atoms with Crippen molar-refractivity contribution in [1.29, 1.82) is 0 Å². The Morgan fingerprint density at radius 3 is 2.78 bits per heavy atom. The lowest BCUT2D eigenvalue weighted by atomic mass is 10.1. The second-order valence-electron chi connectivity index (χ2n) is 5.02. The Labute approximate surface area is 109 Å². The van der Waals surface area contributed by atoms with Crippen LogP contribution in [0.1, 0.15) is 6.42 Å². The number of carbonyl (C=O) groups is 1. The van der Waals surface area contributed by atoms with Gasteiger partial charge in [0.1, 0.15) is 0 Å². The Morgan fingerprint density at radius 2 is 2.11 bits per heavy atom. The molecule has 1 aromatic carbocycles. The first-order valence-electron chi connectivity index (χ1n) is 6.42. The van der Waals surface area contributed by atoms with E-state index in [4.69, 9.17) is 0 Å². The molecule has 0 radical (unpaired) electrons. The van der Waals surface area contributed by atoms with Crippen LogP contribution >= 0.6 is 0 Å². The smallest absolute Gasteiger partial charge is 0.316 e. The number of hydrogen-bond acceptors (Lipinski definition) is 2. The Hall–Kier alpha value is -1.71. The van der Waals surface area contributed by atoms with E-state index in [2.05, 4.69) is 34.5 Å². The molecule has 1 aliphatic rings. The fourth-order valence-electron chi connectivity index (χ4n) is 2.26. The van der Waals surface area contributed by atoms with Gasteiger partial charge in [0.15, 0.2) is 0 Å². The number of carbonyl (C=O) groups excluding carboxylic acids is 1. The summed E-state index contributed by atoms with van der Waals surface area (Å²) in [5, 5.41) is 2.96. The van der Waals surface area contributed by atoms with Gasteiger partial charge in [0.25, 0.3) is 0 Å². The maximum atomic E-state index is 11.5. The third-order valence-corrected chi connectivity index (χ3v) is 3.36. The van der Waals surface area contributed by atoms with Crippen molar-refractivity contribution in [1.82, 2.24) is 10.2 Å². The summed E-state index contributed by atoms with van der Waals surface area (Å²) in [5.41, 5.74) is 1.28. The van der Waals surface area contributed by atoms with Crippen LogP contribution in [0.15, 0.2) is 30.3 Å². The molecule has 2 rings (SSSR count). The average Bonchev–Trinajstić information content (AvgIpc) is 2.85. The Morgan fingerprint density at radius 1 is 1.39 bits per heavy atom. The molecule has 0 saturated carbocycles. The number of anilines is 1. The van der Waals surface area contributed by atoms with E-state index >= 15 is 0 Å². The minimum absolute atomic E-state index is 0.00633. The summed E-state index contributed by atoms with van der Waals surface area (Å²) in [5.74, 6) is 0.550. The summed E-state index contributed by atoms with van der Waals surface area (Å²) >= 11 is 0. The van der Waals surface area contributed by atoms with E-state index < -0.39 is 0 Å². The van der Waals surface area contributed by atoms with E-state index in [0.717, 1.165) is 26.1 Å². The summed E-state index contributed by atoms with van der Waals surface area (Å²) in [6.45, 7) is 2.87. The van der Waals surface area contributed by atoms with Gasteiger partial charge in [-0.15, -0.1) is 0 Å². The van der Waals surface area contributed by atoms with Crippen LogP contribution in [0, 0.1) is 5.92 Å². The SMILES string of the molecule is CN(C)C(=O)NCC1CCN(c2ccccc2)C1. The number of para-hydroxylation sites is 1. The molecule has 1 aromatic rings. The van der Waals surface area contributed by atoms with E-state index in [9.17, 15) is 4.79 Å². The van der Waals surface area contributed by atoms with Crippen molar-refractivity contribution >= 4 is 11.7 Å². The first-order chi connectivity index (χ1) is 8.66. The van der Waals surface area contributed by atoms with Gasteiger partial charge in [0.05, 0.1) is 0 Å². The van der Waals surface area contributed by atoms with Gasteiger partial charge >= 0.3 is 6.03 Å². The normalized spacial score (nSPS) is 18.8. The van der Waals surface area contributed by atoms with Crippen LogP contribution in [0.5, 0.6) is 0 Å². The molecule has 1 heterocycles. The number of urea groups is 1. The number of hydrogen-bond donors (Lipinski definition) is 1. The molecular weight excluding hydrogens is 226 g/mol. The van der Waals surface area contributed by atoms with Crippen molar-refractivity contribution in [3.05, 3.63) is 30.3 Å². The first-order valence-corrected chi connectivity index (χ1v) is 6.42. The Kier molecular flexibility index (Phi) is 4.07. The highest BCUT2D eigenvalue weighted by Gasteiger charge is 2.22. The lowest BCUT2D eigenvalue weighted by Gasteiger charge is -2.19. The summed E-state index contributed by atoms with van der Waals surface area (Å²) in [6, 6.07) is 10.4. The van der Waals surface area contributed by atoms with Gasteiger partial charge in [0, 0.05) is 39.4 Å². The third kappa shape index (κ3) is 3.15. The topological polar surface area (TPSA) is 35.6 Å². The van der Waals surface area contributed by atoms with Crippen LogP contribution in [0.2, 0.25) is 0 Å². The Balaban J connectivity index is 1.80. The number of nitrogens with zero attached hydrogens (tertiary/aromatic N) is 2. The highest BCUT2D eigenvalue weighted by molar-refractivity contribution is 5.73. The van der Waals surface area contributed by atoms with Gasteiger partial charge in [0.2, 0.25) is 0 Å². The van der Waals surface area contributed by atoms with Gasteiger partial charge in [-0.3, -0.25) is 0 Å². The van der Waals surface area contributed by atoms with Crippen LogP contribution in [0.4, 0.5) is 10.5 Å². The minimum Gasteiger partial charge on any atom is -0.371 e. The maximum Gasteiger partial charge on any atom is 0.316 e. The standard InChI is InChI=1S/C14H21N3O/c1-16(2)14(18)15-10-12-8-9-17(11-12)13-6-4-3-5-7-13/h3-7,12H,8-11H2,1-2H3,(H,15,18). The molecule has 1 saturated heterocycles. The molecule has 0 aromatic heterocycles. The fourth-order valence-corrected chi connectivity index (χ4v) is 2.26. The van der Waals surface area contributed by atoms with Crippen LogP contribution in [0.3, 0.4) is 0 Å². The van der Waals surface area contributed by atoms with E-state index in [1.165, 1.54) is 5.69 Å². The molecule has 2 amide bonds. The molecule has 1 unspecified atom stereocenters. The fraction of sp³-hybridized carbons (Fsp3) is 0.500. The molecule has 0 spiro atoms. The first kappa shape index (κ1) is 12.7. The van der Waals surface area contributed by atoms with Crippen LogP contribution < -0.4 is 10.2 Å². The molecule has 4 heteroatoms. The second kappa shape index (κ2) is 5.76. The largest absolute Gasteiger partial charge is 0.371 e. The van der Waals surface area contributed by atoms with Crippen LogP contribution in [0.25, 0.3) is 0 Å². The molecule has 0 bridgehead atoms. The van der Waals surface area contributed by atoms with Crippen molar-refractivity contribution in [3.8, 4) is 0 Å². The summed E-state index contributed by atoms with van der Waals surface area (Å²) in [4.78, 5) is 15.4. The number of rotatable bonds is 3. The van der Waals surface area contributed by atoms with E-state index in [1.807, 2.05) is 6.07 Å². The number of nitrogens with one attached hydrogen (secondary N) is 1. The van der Waals surface area contributed by atoms with Crippen LogP contribution in [-0.4, -0.2) is 44.7 Å². The zero-order chi connectivity index (χ0) is 13.0. The zero-order valence-electron chi connectivity index (χ0n) is 11.1. The van der Waals surface area contributed by atoms with Crippen molar-refractivity contribution in [2.75, 3.05) is 38.6 Å². The molecule has 1 atom stereocenters. The lowest BCUT2D eigenvalue weighted by molar-refractivity contribution is 0.216. The Bertz CT molecular complexity index is 391. The maximum absolute atomic E-state index is 11.5. The molecular formula is C14H21N3O. The van der Waals surface area contributed by atoms with Gasteiger partial charge in [-0.25, -0.2) is 4.79 Å². The quantitative estimate of drug-likeness (QED) is 0.884. The molecule has 0 aliphatic carbocycles. The van der Waals surface area contributed by atoms with E-state index in [0.29, 0.717) is 5.92 Å². The highest BCUT2D eigenvalue weighted by atomic mass is 16.2. The van der Waals surface area contributed by atoms with Gasteiger partial charge in [-0.1, -0.05) is 18.2 Å². The highest BCUT2D eigenvalue weighted by Crippen LogP contribution is 2.22. The van der Waals surface area contributed by atoms with Crippen molar-refractivity contribution < 1.29 is 4.79 Å². The van der Waals surface area contributed by atoms with Crippen LogP contribution in [-0.2, 0) is 0 Å². The van der Waals surface area contributed by atoms with Gasteiger partial charge < -0.3 is 15.1 Å². The minimum atomic E-state index is -0.00633. The number of benzene rings is 1. The lowest BCUT2D eigenvalue weighted by Crippen LogP contribution is -2.38. The molecule has 1 aliphatic heterocycles. The molecule has 4 nitrogen and oxygen atoms in total. The van der Waals surface area contributed by atoms with Gasteiger partial charge in [-0.2, -0.15) is 0 Å². The summed E-state index contributed by atoms with van der Waals surface area (Å²) in [7, 11) is 3.53. The monoisotopic (exact) mass is 247 g/mol. The second-order valence-corrected chi connectivity index (χ2v) is 5.02. The molecule has 18 heavy (non-hydrogen) atoms. The average molecular weight is 247 g/mol. The number of amides is 2. The summed E-state index contributed by atoms with van der Waals surface area (Å²) < 4.78 is 0. The zero-order valence-corrected chi connectivity index (χ0v) is 11.1. The predicted octanol–water partition coefficient (Wildman–Crippen LogP) is 1.78. The van der Waals surface area contributed by atoms with Gasteiger partial charge in [-0.05, 0) is 24.5 Å². The van der Waals surface area contributed by atoms with E-state index in [1.54, 1.807) is 19.0 Å². The van der Waals surface area contributed by atoms with E-state index in [-0.39, 0.29) is 6.03 Å². The summed E-state index contributed by atoms with van der Waals surface area (Å²) in [6.07, 6.45) is 1.14. The molecule has 1 fully saturated rings. The van der Waals surface area contributed by atoms with Crippen molar-refractivity contribution in [2.45, 2.75) is 6.42 Å². The predicted molar refractivity (Wildman–Crippen MR) is 73.8 cm³/mol. The van der Waals surface area contributed by atoms with Crippen molar-refractivity contribution in [2.24, 2.45) is 5.92 Å². The molecule has 98 valence electrons. The molecule has 1 N–H and O–H groups in total.